The molecule has 3 N–H and O–H groups in total. The number of carbonyl (C=O) groups excluding carboxylic acids is 1. The van der Waals surface area contributed by atoms with Gasteiger partial charge in [-0.1, -0.05) is 42.5 Å². The van der Waals surface area contributed by atoms with E-state index in [9.17, 15) is 15.0 Å². The zero-order valence-corrected chi connectivity index (χ0v) is 12.8. The van der Waals surface area contributed by atoms with Gasteiger partial charge in [0, 0.05) is 17.7 Å². The number of hydrogen-bond donors (Lipinski definition) is 3. The van der Waals surface area contributed by atoms with E-state index in [2.05, 4.69) is 5.32 Å². The molecule has 0 fully saturated rings. The lowest BCUT2D eigenvalue weighted by atomic mass is 10.1. The van der Waals surface area contributed by atoms with Crippen LogP contribution in [0.3, 0.4) is 0 Å². The molecule has 0 aliphatic heterocycles. The number of rotatable bonds is 5. The summed E-state index contributed by atoms with van der Waals surface area (Å²) in [6.45, 7) is 2.11. The Morgan fingerprint density at radius 2 is 1.91 bits per heavy atom. The summed E-state index contributed by atoms with van der Waals surface area (Å²) >= 11 is 0. The van der Waals surface area contributed by atoms with E-state index in [4.69, 9.17) is 4.74 Å². The first kappa shape index (κ1) is 16.4. The van der Waals surface area contributed by atoms with E-state index in [1.165, 1.54) is 6.07 Å². The predicted molar refractivity (Wildman–Crippen MR) is 88.2 cm³/mol. The maximum absolute atomic E-state index is 11.5. The molecule has 0 aliphatic rings. The van der Waals surface area contributed by atoms with Gasteiger partial charge in [0.2, 0.25) is 0 Å². The van der Waals surface area contributed by atoms with Crippen LogP contribution in [0.15, 0.2) is 48.5 Å². The summed E-state index contributed by atoms with van der Waals surface area (Å²) in [6.07, 6.45) is 2.85. The summed E-state index contributed by atoms with van der Waals surface area (Å²) in [7, 11) is 0. The first-order chi connectivity index (χ1) is 11.1. The second-order valence-corrected chi connectivity index (χ2v) is 4.99. The second-order valence-electron chi connectivity index (χ2n) is 4.99. The largest absolute Gasteiger partial charge is 0.508 e. The average molecular weight is 313 g/mol. The van der Waals surface area contributed by atoms with Gasteiger partial charge in [-0.2, -0.15) is 0 Å². The van der Waals surface area contributed by atoms with Crippen molar-refractivity contribution in [3.8, 4) is 11.5 Å². The standard InChI is InChI=1S/C18H19NO4/c1-13-16(20)10-9-15(17(13)21)8-5-11-19-18(22)23-12-14-6-3-2-4-7-14/h2-10,20-21H,11-12H2,1H3,(H,19,22). The fourth-order valence-corrected chi connectivity index (χ4v) is 1.95. The SMILES string of the molecule is Cc1c(O)ccc(C=CCNC(=O)OCc2ccccc2)c1O. The van der Waals surface area contributed by atoms with Gasteiger partial charge in [-0.05, 0) is 24.6 Å². The molecule has 0 unspecified atom stereocenters. The third-order valence-electron chi connectivity index (χ3n) is 3.31. The highest BCUT2D eigenvalue weighted by atomic mass is 16.5. The molecule has 0 atom stereocenters. The molecule has 120 valence electrons. The van der Waals surface area contributed by atoms with E-state index in [1.54, 1.807) is 25.1 Å². The Labute approximate surface area is 134 Å². The van der Waals surface area contributed by atoms with Gasteiger partial charge in [-0.3, -0.25) is 0 Å². The molecule has 1 amide bonds. The van der Waals surface area contributed by atoms with Gasteiger partial charge in [-0.15, -0.1) is 0 Å². The normalized spacial score (nSPS) is 10.7. The van der Waals surface area contributed by atoms with Crippen molar-refractivity contribution in [1.82, 2.24) is 5.32 Å². The first-order valence-corrected chi connectivity index (χ1v) is 7.20. The number of amides is 1. The number of benzene rings is 2. The Morgan fingerprint density at radius 3 is 2.65 bits per heavy atom. The van der Waals surface area contributed by atoms with Crippen LogP contribution in [0, 0.1) is 6.92 Å². The molecule has 0 bridgehead atoms. The van der Waals surface area contributed by atoms with Gasteiger partial charge >= 0.3 is 6.09 Å². The quantitative estimate of drug-likeness (QED) is 0.791. The summed E-state index contributed by atoms with van der Waals surface area (Å²) in [5.74, 6) is 0.0650. The fraction of sp³-hybridized carbons (Fsp3) is 0.167. The molecule has 5 nitrogen and oxygen atoms in total. The summed E-state index contributed by atoms with van der Waals surface area (Å²) in [5.41, 5.74) is 1.91. The minimum Gasteiger partial charge on any atom is -0.508 e. The highest BCUT2D eigenvalue weighted by Gasteiger charge is 2.05. The van der Waals surface area contributed by atoms with E-state index in [0.29, 0.717) is 11.1 Å². The lowest BCUT2D eigenvalue weighted by Crippen LogP contribution is -2.24. The summed E-state index contributed by atoms with van der Waals surface area (Å²) in [5, 5.41) is 21.9. The minimum absolute atomic E-state index is 0.0212. The van der Waals surface area contributed by atoms with Gasteiger partial charge in [0.15, 0.2) is 0 Å². The fourth-order valence-electron chi connectivity index (χ4n) is 1.95. The van der Waals surface area contributed by atoms with Crippen molar-refractivity contribution in [2.45, 2.75) is 13.5 Å². The molecule has 0 radical (unpaired) electrons. The predicted octanol–water partition coefficient (Wildman–Crippen LogP) is 3.35. The summed E-state index contributed by atoms with van der Waals surface area (Å²) < 4.78 is 5.07. The molecule has 5 heteroatoms. The minimum atomic E-state index is -0.510. The summed E-state index contributed by atoms with van der Waals surface area (Å²) in [4.78, 5) is 11.5. The zero-order valence-electron chi connectivity index (χ0n) is 12.8. The summed E-state index contributed by atoms with van der Waals surface area (Å²) in [6, 6.07) is 12.5. The third-order valence-corrected chi connectivity index (χ3v) is 3.31. The molecule has 2 aromatic carbocycles. The van der Waals surface area contributed by atoms with Crippen LogP contribution >= 0.6 is 0 Å². The number of hydrogen-bond acceptors (Lipinski definition) is 4. The molecular formula is C18H19NO4. The van der Waals surface area contributed by atoms with Crippen LogP contribution < -0.4 is 5.32 Å². The monoisotopic (exact) mass is 313 g/mol. The lowest BCUT2D eigenvalue weighted by molar-refractivity contribution is 0.141. The van der Waals surface area contributed by atoms with Crippen molar-refractivity contribution in [2.75, 3.05) is 6.54 Å². The van der Waals surface area contributed by atoms with Crippen molar-refractivity contribution in [3.63, 3.8) is 0 Å². The van der Waals surface area contributed by atoms with Gasteiger partial charge in [0.25, 0.3) is 0 Å². The molecule has 2 rings (SSSR count). The molecule has 23 heavy (non-hydrogen) atoms. The maximum atomic E-state index is 11.5. The van der Waals surface area contributed by atoms with E-state index in [0.717, 1.165) is 5.56 Å². The van der Waals surface area contributed by atoms with Crippen LogP contribution in [0.5, 0.6) is 11.5 Å². The molecule has 0 heterocycles. The van der Waals surface area contributed by atoms with Crippen LogP contribution in [0.2, 0.25) is 0 Å². The average Bonchev–Trinajstić information content (AvgIpc) is 2.57. The molecule has 0 spiro atoms. The van der Waals surface area contributed by atoms with Gasteiger partial charge in [-0.25, -0.2) is 4.79 Å². The number of carbonyl (C=O) groups is 1. The Balaban J connectivity index is 1.78. The van der Waals surface area contributed by atoms with Gasteiger partial charge < -0.3 is 20.3 Å². The first-order valence-electron chi connectivity index (χ1n) is 7.20. The van der Waals surface area contributed by atoms with E-state index < -0.39 is 6.09 Å². The molecular weight excluding hydrogens is 294 g/mol. The van der Waals surface area contributed by atoms with Gasteiger partial charge in [0.1, 0.15) is 18.1 Å². The zero-order chi connectivity index (χ0) is 16.7. The topological polar surface area (TPSA) is 78.8 Å². The molecule has 0 saturated heterocycles. The van der Waals surface area contributed by atoms with Crippen molar-refractivity contribution >= 4 is 12.2 Å². The third kappa shape index (κ3) is 4.78. The van der Waals surface area contributed by atoms with Crippen LogP contribution in [0.4, 0.5) is 4.79 Å². The highest BCUT2D eigenvalue weighted by molar-refractivity contribution is 5.68. The Morgan fingerprint density at radius 1 is 1.17 bits per heavy atom. The number of alkyl carbamates (subject to hydrolysis) is 1. The Kier molecular flexibility index (Phi) is 5.63. The Hall–Kier alpha value is -2.95. The lowest BCUT2D eigenvalue weighted by Gasteiger charge is -2.06. The number of phenols is 2. The van der Waals surface area contributed by atoms with E-state index in [-0.39, 0.29) is 24.7 Å². The molecule has 0 saturated carbocycles. The number of aromatic hydroxyl groups is 2. The molecule has 2 aromatic rings. The molecule has 0 aliphatic carbocycles. The second kappa shape index (κ2) is 7.89. The van der Waals surface area contributed by atoms with Crippen molar-refractivity contribution in [1.29, 1.82) is 0 Å². The molecule has 0 aromatic heterocycles. The van der Waals surface area contributed by atoms with E-state index >= 15 is 0 Å². The van der Waals surface area contributed by atoms with Crippen molar-refractivity contribution in [3.05, 3.63) is 65.2 Å². The number of ether oxygens (including phenoxy) is 1. The van der Waals surface area contributed by atoms with Crippen molar-refractivity contribution < 1.29 is 19.7 Å². The number of nitrogens with one attached hydrogen (secondary N) is 1. The van der Waals surface area contributed by atoms with Crippen LogP contribution in [-0.4, -0.2) is 22.9 Å². The van der Waals surface area contributed by atoms with Gasteiger partial charge in [0.05, 0.1) is 0 Å². The van der Waals surface area contributed by atoms with Crippen LogP contribution in [0.1, 0.15) is 16.7 Å². The highest BCUT2D eigenvalue weighted by Crippen LogP contribution is 2.29. The smallest absolute Gasteiger partial charge is 0.407 e. The van der Waals surface area contributed by atoms with E-state index in [1.807, 2.05) is 30.3 Å². The maximum Gasteiger partial charge on any atom is 0.407 e. The van der Waals surface area contributed by atoms with Crippen LogP contribution in [0.25, 0.3) is 6.08 Å². The van der Waals surface area contributed by atoms with Crippen LogP contribution in [-0.2, 0) is 11.3 Å². The number of phenolic OH excluding ortho intramolecular Hbond substituents is 2. The van der Waals surface area contributed by atoms with Crippen molar-refractivity contribution in [2.24, 2.45) is 0 Å². The Bertz CT molecular complexity index is 696.